The number of aliphatic hydroxyl groups is 1. The number of hydrogen-bond acceptors (Lipinski definition) is 4. The van der Waals surface area contributed by atoms with Gasteiger partial charge in [-0.15, -0.1) is 0 Å². The first-order valence-corrected chi connectivity index (χ1v) is 5.10. The smallest absolute Gasteiger partial charge is 0.122 e. The largest absolute Gasteiger partial charge is 0.493 e. The van der Waals surface area contributed by atoms with Crippen molar-refractivity contribution in [3.05, 3.63) is 24.0 Å². The van der Waals surface area contributed by atoms with Crippen LogP contribution in [0.15, 0.2) is 18.3 Å². The summed E-state index contributed by atoms with van der Waals surface area (Å²) in [5.74, 6) is 1.20. The van der Waals surface area contributed by atoms with Gasteiger partial charge in [-0.1, -0.05) is 13.8 Å². The van der Waals surface area contributed by atoms with Gasteiger partial charge in [-0.2, -0.15) is 0 Å². The van der Waals surface area contributed by atoms with E-state index in [-0.39, 0.29) is 6.54 Å². The van der Waals surface area contributed by atoms with E-state index in [1.165, 1.54) is 0 Å². The Morgan fingerprint density at radius 3 is 2.87 bits per heavy atom. The van der Waals surface area contributed by atoms with E-state index in [2.05, 4.69) is 18.8 Å². The third kappa shape index (κ3) is 3.85. The van der Waals surface area contributed by atoms with Crippen molar-refractivity contribution in [1.82, 2.24) is 4.98 Å². The molecular weight excluding hydrogens is 192 g/mol. The molecule has 0 radical (unpaired) electrons. The summed E-state index contributed by atoms with van der Waals surface area (Å²) < 4.78 is 5.51. The summed E-state index contributed by atoms with van der Waals surface area (Å²) >= 11 is 0. The molecular formula is C11H18N2O2. The number of hydrogen-bond donors (Lipinski definition) is 2. The fourth-order valence-corrected chi connectivity index (χ4v) is 1.08. The minimum absolute atomic E-state index is 0.167. The van der Waals surface area contributed by atoms with Crippen molar-refractivity contribution in [2.45, 2.75) is 20.0 Å². The van der Waals surface area contributed by atoms with E-state index < -0.39 is 6.10 Å². The maximum Gasteiger partial charge on any atom is 0.122 e. The van der Waals surface area contributed by atoms with Gasteiger partial charge in [0.1, 0.15) is 11.9 Å². The summed E-state index contributed by atoms with van der Waals surface area (Å²) in [6.07, 6.45) is 0.900. The quantitative estimate of drug-likeness (QED) is 0.764. The van der Waals surface area contributed by atoms with Crippen molar-refractivity contribution in [3.63, 3.8) is 0 Å². The molecule has 0 aliphatic heterocycles. The molecule has 0 aliphatic rings. The maximum absolute atomic E-state index is 9.49. The number of rotatable bonds is 5. The van der Waals surface area contributed by atoms with Crippen LogP contribution in [0.2, 0.25) is 0 Å². The molecule has 0 saturated carbocycles. The fourth-order valence-electron chi connectivity index (χ4n) is 1.08. The van der Waals surface area contributed by atoms with Crippen LogP contribution in [0.25, 0.3) is 0 Å². The third-order valence-electron chi connectivity index (χ3n) is 1.90. The SMILES string of the molecule is CC(C)COc1ccnc(C(O)CN)c1. The summed E-state index contributed by atoms with van der Waals surface area (Å²) in [6.45, 7) is 4.98. The van der Waals surface area contributed by atoms with Gasteiger partial charge in [-0.3, -0.25) is 4.98 Å². The second kappa shape index (κ2) is 5.68. The molecule has 0 amide bonds. The molecule has 4 nitrogen and oxygen atoms in total. The Labute approximate surface area is 90.1 Å². The van der Waals surface area contributed by atoms with E-state index in [0.29, 0.717) is 18.2 Å². The van der Waals surface area contributed by atoms with E-state index >= 15 is 0 Å². The number of ether oxygens (including phenoxy) is 1. The van der Waals surface area contributed by atoms with Crippen LogP contribution in [0.4, 0.5) is 0 Å². The minimum atomic E-state index is -0.715. The average Bonchev–Trinajstić information content (AvgIpc) is 2.25. The summed E-state index contributed by atoms with van der Waals surface area (Å²) in [5, 5.41) is 9.49. The first-order valence-electron chi connectivity index (χ1n) is 5.10. The topological polar surface area (TPSA) is 68.4 Å². The summed E-state index contributed by atoms with van der Waals surface area (Å²) in [5.41, 5.74) is 5.90. The zero-order chi connectivity index (χ0) is 11.3. The molecule has 3 N–H and O–H groups in total. The van der Waals surface area contributed by atoms with Gasteiger partial charge < -0.3 is 15.6 Å². The number of aliphatic hydroxyl groups excluding tert-OH is 1. The lowest BCUT2D eigenvalue weighted by atomic mass is 10.2. The van der Waals surface area contributed by atoms with Crippen molar-refractivity contribution in [3.8, 4) is 5.75 Å². The van der Waals surface area contributed by atoms with Crippen LogP contribution in [0.5, 0.6) is 5.75 Å². The summed E-state index contributed by atoms with van der Waals surface area (Å²) in [4.78, 5) is 4.03. The zero-order valence-corrected chi connectivity index (χ0v) is 9.18. The van der Waals surface area contributed by atoms with Gasteiger partial charge in [-0.05, 0) is 12.0 Å². The van der Waals surface area contributed by atoms with Gasteiger partial charge in [0.2, 0.25) is 0 Å². The first kappa shape index (κ1) is 11.9. The van der Waals surface area contributed by atoms with Gasteiger partial charge in [0, 0.05) is 18.8 Å². The number of pyridine rings is 1. The van der Waals surface area contributed by atoms with E-state index in [1.807, 2.05) is 0 Å². The molecule has 84 valence electrons. The second-order valence-corrected chi connectivity index (χ2v) is 3.87. The molecule has 1 heterocycles. The van der Waals surface area contributed by atoms with Crippen molar-refractivity contribution in [2.75, 3.05) is 13.2 Å². The van der Waals surface area contributed by atoms with Gasteiger partial charge in [0.05, 0.1) is 12.3 Å². The van der Waals surface area contributed by atoms with Crippen molar-refractivity contribution in [1.29, 1.82) is 0 Å². The molecule has 1 aromatic heterocycles. The molecule has 15 heavy (non-hydrogen) atoms. The fraction of sp³-hybridized carbons (Fsp3) is 0.545. The predicted octanol–water partition coefficient (Wildman–Crippen LogP) is 1.11. The Kier molecular flexibility index (Phi) is 4.52. The normalized spacial score (nSPS) is 12.9. The lowest BCUT2D eigenvalue weighted by molar-refractivity contribution is 0.181. The van der Waals surface area contributed by atoms with Crippen molar-refractivity contribution >= 4 is 0 Å². The molecule has 1 rings (SSSR count). The number of nitrogens with zero attached hydrogens (tertiary/aromatic N) is 1. The van der Waals surface area contributed by atoms with Crippen LogP contribution < -0.4 is 10.5 Å². The van der Waals surface area contributed by atoms with Crippen LogP contribution in [-0.4, -0.2) is 23.2 Å². The Morgan fingerprint density at radius 2 is 2.27 bits per heavy atom. The zero-order valence-electron chi connectivity index (χ0n) is 9.18. The summed E-state index contributed by atoms with van der Waals surface area (Å²) in [6, 6.07) is 3.50. The monoisotopic (exact) mass is 210 g/mol. The molecule has 0 fully saturated rings. The van der Waals surface area contributed by atoms with E-state index in [1.54, 1.807) is 18.3 Å². The molecule has 0 aromatic carbocycles. The number of nitrogens with two attached hydrogens (primary N) is 1. The Morgan fingerprint density at radius 1 is 1.53 bits per heavy atom. The van der Waals surface area contributed by atoms with Crippen LogP contribution in [0.3, 0.4) is 0 Å². The Balaban J connectivity index is 2.65. The molecule has 1 unspecified atom stereocenters. The highest BCUT2D eigenvalue weighted by atomic mass is 16.5. The molecule has 1 atom stereocenters. The standard InChI is InChI=1S/C11H18N2O2/c1-8(2)7-15-9-3-4-13-10(5-9)11(14)6-12/h3-5,8,11,14H,6-7,12H2,1-2H3. The first-order chi connectivity index (χ1) is 7.13. The van der Waals surface area contributed by atoms with Gasteiger partial charge >= 0.3 is 0 Å². The van der Waals surface area contributed by atoms with Gasteiger partial charge in [0.15, 0.2) is 0 Å². The molecule has 0 saturated heterocycles. The molecule has 1 aromatic rings. The van der Waals surface area contributed by atoms with Crippen LogP contribution >= 0.6 is 0 Å². The molecule has 4 heteroatoms. The third-order valence-corrected chi connectivity index (χ3v) is 1.90. The minimum Gasteiger partial charge on any atom is -0.493 e. The molecule has 0 bridgehead atoms. The second-order valence-electron chi connectivity index (χ2n) is 3.87. The average molecular weight is 210 g/mol. The Bertz CT molecular complexity index is 302. The van der Waals surface area contributed by atoms with Gasteiger partial charge in [-0.25, -0.2) is 0 Å². The van der Waals surface area contributed by atoms with Gasteiger partial charge in [0.25, 0.3) is 0 Å². The maximum atomic E-state index is 9.49. The highest BCUT2D eigenvalue weighted by Gasteiger charge is 2.07. The Hall–Kier alpha value is -1.13. The highest BCUT2D eigenvalue weighted by molar-refractivity contribution is 5.23. The number of aromatic nitrogens is 1. The lowest BCUT2D eigenvalue weighted by Gasteiger charge is -2.11. The molecule has 0 aliphatic carbocycles. The van der Waals surface area contributed by atoms with E-state index in [4.69, 9.17) is 10.5 Å². The van der Waals surface area contributed by atoms with Crippen LogP contribution in [0, 0.1) is 5.92 Å². The summed E-state index contributed by atoms with van der Waals surface area (Å²) in [7, 11) is 0. The van der Waals surface area contributed by atoms with Crippen molar-refractivity contribution in [2.24, 2.45) is 11.7 Å². The lowest BCUT2D eigenvalue weighted by Crippen LogP contribution is -2.13. The van der Waals surface area contributed by atoms with Crippen LogP contribution in [-0.2, 0) is 0 Å². The van der Waals surface area contributed by atoms with E-state index in [9.17, 15) is 5.11 Å². The van der Waals surface area contributed by atoms with E-state index in [0.717, 1.165) is 5.75 Å². The molecule has 0 spiro atoms. The predicted molar refractivity (Wildman–Crippen MR) is 58.6 cm³/mol. The van der Waals surface area contributed by atoms with Crippen LogP contribution in [0.1, 0.15) is 25.6 Å². The van der Waals surface area contributed by atoms with Crippen molar-refractivity contribution < 1.29 is 9.84 Å². The highest BCUT2D eigenvalue weighted by Crippen LogP contribution is 2.16.